The van der Waals surface area contributed by atoms with E-state index in [1.54, 1.807) is 29.2 Å². The number of hydrogen-bond acceptors (Lipinski definition) is 3. The molecular weight excluding hydrogens is 382 g/mol. The number of anilines is 2. The molecule has 2 amide bonds. The van der Waals surface area contributed by atoms with Crippen LogP contribution in [0.1, 0.15) is 17.5 Å². The van der Waals surface area contributed by atoms with E-state index in [1.807, 2.05) is 25.1 Å². The molecule has 5 nitrogen and oxygen atoms in total. The Kier molecular flexibility index (Phi) is 4.86. The molecule has 1 aliphatic rings. The molecule has 1 unspecified atom stereocenters. The van der Waals surface area contributed by atoms with E-state index in [4.69, 9.17) is 5.26 Å². The molecule has 2 aromatic carbocycles. The Morgan fingerprint density at radius 1 is 1.32 bits per heavy atom. The van der Waals surface area contributed by atoms with Gasteiger partial charge in [-0.25, -0.2) is 0 Å². The van der Waals surface area contributed by atoms with Crippen LogP contribution in [-0.4, -0.2) is 18.4 Å². The van der Waals surface area contributed by atoms with Gasteiger partial charge >= 0.3 is 0 Å². The smallest absolute Gasteiger partial charge is 0.229 e. The summed E-state index contributed by atoms with van der Waals surface area (Å²) in [5, 5.41) is 11.9. The van der Waals surface area contributed by atoms with Crippen molar-refractivity contribution in [1.82, 2.24) is 0 Å². The number of nitrogens with one attached hydrogen (secondary N) is 1. The summed E-state index contributed by atoms with van der Waals surface area (Å²) in [7, 11) is 0. The zero-order valence-electron chi connectivity index (χ0n) is 13.6. The van der Waals surface area contributed by atoms with Crippen molar-refractivity contribution in [3.63, 3.8) is 0 Å². The molecule has 0 radical (unpaired) electrons. The van der Waals surface area contributed by atoms with E-state index in [2.05, 4.69) is 27.3 Å². The van der Waals surface area contributed by atoms with Crippen LogP contribution < -0.4 is 10.2 Å². The van der Waals surface area contributed by atoms with Crippen molar-refractivity contribution in [1.29, 1.82) is 5.26 Å². The van der Waals surface area contributed by atoms with Crippen molar-refractivity contribution >= 4 is 39.1 Å². The molecule has 25 heavy (non-hydrogen) atoms. The lowest BCUT2D eigenvalue weighted by atomic mass is 10.1. The van der Waals surface area contributed by atoms with Gasteiger partial charge in [-0.15, -0.1) is 0 Å². The van der Waals surface area contributed by atoms with Crippen LogP contribution in [0, 0.1) is 24.2 Å². The molecule has 0 bridgehead atoms. The molecule has 6 heteroatoms. The summed E-state index contributed by atoms with van der Waals surface area (Å²) in [6.07, 6.45) is 0.163. The van der Waals surface area contributed by atoms with Gasteiger partial charge in [-0.3, -0.25) is 9.59 Å². The van der Waals surface area contributed by atoms with Gasteiger partial charge in [-0.2, -0.15) is 5.26 Å². The van der Waals surface area contributed by atoms with Crippen LogP contribution in [0.25, 0.3) is 0 Å². The second kappa shape index (κ2) is 7.08. The van der Waals surface area contributed by atoms with Gasteiger partial charge in [0.2, 0.25) is 11.8 Å². The van der Waals surface area contributed by atoms with Crippen molar-refractivity contribution in [2.75, 3.05) is 16.8 Å². The van der Waals surface area contributed by atoms with E-state index in [1.165, 1.54) is 0 Å². The summed E-state index contributed by atoms with van der Waals surface area (Å²) in [5.74, 6) is -0.755. The second-order valence-electron chi connectivity index (χ2n) is 5.98. The Hall–Kier alpha value is -2.65. The number of rotatable bonds is 3. The molecule has 1 fully saturated rings. The highest BCUT2D eigenvalue weighted by Gasteiger charge is 2.35. The summed E-state index contributed by atoms with van der Waals surface area (Å²) >= 11 is 3.41. The van der Waals surface area contributed by atoms with E-state index in [-0.39, 0.29) is 18.2 Å². The Labute approximate surface area is 154 Å². The highest BCUT2D eigenvalue weighted by Crippen LogP contribution is 2.30. The van der Waals surface area contributed by atoms with Gasteiger partial charge in [-0.05, 0) is 42.8 Å². The molecule has 3 rings (SSSR count). The first kappa shape index (κ1) is 17.2. The predicted molar refractivity (Wildman–Crippen MR) is 99.1 cm³/mol. The fourth-order valence-electron chi connectivity index (χ4n) is 2.96. The number of para-hydroxylation sites is 1. The molecule has 1 aliphatic heterocycles. The summed E-state index contributed by atoms with van der Waals surface area (Å²) < 4.78 is 0.947. The van der Waals surface area contributed by atoms with Gasteiger partial charge in [0.15, 0.2) is 0 Å². The van der Waals surface area contributed by atoms with Gasteiger partial charge in [-0.1, -0.05) is 28.1 Å². The maximum Gasteiger partial charge on any atom is 0.229 e. The molecule has 126 valence electrons. The maximum absolute atomic E-state index is 12.5. The van der Waals surface area contributed by atoms with E-state index in [0.717, 1.165) is 15.7 Å². The van der Waals surface area contributed by atoms with Crippen LogP contribution in [0.5, 0.6) is 0 Å². The average Bonchev–Trinajstić information content (AvgIpc) is 2.97. The fourth-order valence-corrected chi connectivity index (χ4v) is 3.44. The number of halogens is 1. The number of carbonyl (C=O) groups excluding carboxylic acids is 2. The van der Waals surface area contributed by atoms with Gasteiger partial charge in [0.05, 0.1) is 17.2 Å². The van der Waals surface area contributed by atoms with Crippen LogP contribution in [-0.2, 0) is 9.59 Å². The van der Waals surface area contributed by atoms with Crippen molar-refractivity contribution in [3.05, 3.63) is 58.1 Å². The Bertz CT molecular complexity index is 888. The molecule has 1 atom stereocenters. The highest BCUT2D eigenvalue weighted by molar-refractivity contribution is 9.10. The summed E-state index contributed by atoms with van der Waals surface area (Å²) in [6, 6.07) is 14.6. The Morgan fingerprint density at radius 2 is 2.08 bits per heavy atom. The van der Waals surface area contributed by atoms with Crippen molar-refractivity contribution in [2.45, 2.75) is 13.3 Å². The summed E-state index contributed by atoms with van der Waals surface area (Å²) in [5.41, 5.74) is 2.67. The topological polar surface area (TPSA) is 73.2 Å². The van der Waals surface area contributed by atoms with Crippen molar-refractivity contribution < 1.29 is 9.59 Å². The van der Waals surface area contributed by atoms with Crippen LogP contribution >= 0.6 is 15.9 Å². The zero-order valence-corrected chi connectivity index (χ0v) is 15.2. The number of amides is 2. The average molecular weight is 398 g/mol. The number of benzene rings is 2. The molecule has 0 saturated carbocycles. The number of aryl methyl sites for hydroxylation is 1. The minimum absolute atomic E-state index is 0.0702. The first-order valence-electron chi connectivity index (χ1n) is 7.86. The standard InChI is InChI=1S/C19H16BrN3O2/c1-12-8-15(20)6-7-17(12)23-11-14(9-18(23)24)19(25)22-16-5-3-2-4-13(16)10-21/h2-8,14H,9,11H2,1H3,(H,22,25). The minimum atomic E-state index is -0.442. The molecule has 0 aliphatic carbocycles. The third kappa shape index (κ3) is 3.57. The lowest BCUT2D eigenvalue weighted by molar-refractivity contribution is -0.122. The van der Waals surface area contributed by atoms with Crippen LogP contribution in [0.4, 0.5) is 11.4 Å². The normalized spacial score (nSPS) is 16.6. The van der Waals surface area contributed by atoms with Gasteiger partial charge in [0.25, 0.3) is 0 Å². The SMILES string of the molecule is Cc1cc(Br)ccc1N1CC(C(=O)Nc2ccccc2C#N)CC1=O. The lowest BCUT2D eigenvalue weighted by Crippen LogP contribution is -2.28. The fraction of sp³-hybridized carbons (Fsp3) is 0.211. The van der Waals surface area contributed by atoms with Crippen LogP contribution in [0.3, 0.4) is 0 Å². The minimum Gasteiger partial charge on any atom is -0.325 e. The predicted octanol–water partition coefficient (Wildman–Crippen LogP) is 3.62. The Balaban J connectivity index is 1.76. The largest absolute Gasteiger partial charge is 0.325 e. The third-order valence-electron chi connectivity index (χ3n) is 4.25. The van der Waals surface area contributed by atoms with Gasteiger partial charge in [0, 0.05) is 23.1 Å². The molecule has 1 heterocycles. The van der Waals surface area contributed by atoms with Gasteiger partial charge < -0.3 is 10.2 Å². The van der Waals surface area contributed by atoms with E-state index in [9.17, 15) is 9.59 Å². The summed E-state index contributed by atoms with van der Waals surface area (Å²) in [4.78, 5) is 26.6. The number of hydrogen-bond donors (Lipinski definition) is 1. The first-order chi connectivity index (χ1) is 12.0. The number of nitriles is 1. The first-order valence-corrected chi connectivity index (χ1v) is 8.65. The molecule has 1 N–H and O–H groups in total. The third-order valence-corrected chi connectivity index (χ3v) is 4.74. The Morgan fingerprint density at radius 3 is 2.80 bits per heavy atom. The second-order valence-corrected chi connectivity index (χ2v) is 6.90. The van der Waals surface area contributed by atoms with Crippen molar-refractivity contribution in [2.24, 2.45) is 5.92 Å². The number of carbonyl (C=O) groups is 2. The van der Waals surface area contributed by atoms with E-state index < -0.39 is 5.92 Å². The summed E-state index contributed by atoms with van der Waals surface area (Å²) in [6.45, 7) is 2.27. The van der Waals surface area contributed by atoms with Crippen molar-refractivity contribution in [3.8, 4) is 6.07 Å². The monoisotopic (exact) mass is 397 g/mol. The zero-order chi connectivity index (χ0) is 18.0. The highest BCUT2D eigenvalue weighted by atomic mass is 79.9. The quantitative estimate of drug-likeness (QED) is 0.859. The number of nitrogens with zero attached hydrogens (tertiary/aromatic N) is 2. The van der Waals surface area contributed by atoms with E-state index >= 15 is 0 Å². The molecule has 0 aromatic heterocycles. The van der Waals surface area contributed by atoms with Gasteiger partial charge in [0.1, 0.15) is 6.07 Å². The molecule has 2 aromatic rings. The van der Waals surface area contributed by atoms with Crippen LogP contribution in [0.2, 0.25) is 0 Å². The molecular formula is C19H16BrN3O2. The maximum atomic E-state index is 12.5. The molecule has 0 spiro atoms. The molecule has 1 saturated heterocycles. The van der Waals surface area contributed by atoms with E-state index in [0.29, 0.717) is 17.8 Å². The lowest BCUT2D eigenvalue weighted by Gasteiger charge is -2.19. The van der Waals surface area contributed by atoms with Crippen LogP contribution in [0.15, 0.2) is 46.9 Å².